The maximum atomic E-state index is 12.1. The van der Waals surface area contributed by atoms with E-state index in [1.807, 2.05) is 0 Å². The molecule has 5 atom stereocenters. The Morgan fingerprint density at radius 1 is 0.850 bits per heavy atom. The Balaban J connectivity index is 1.94. The van der Waals surface area contributed by atoms with Gasteiger partial charge < -0.3 is 33.2 Å². The van der Waals surface area contributed by atoms with Crippen LogP contribution in [0.3, 0.4) is 0 Å². The lowest BCUT2D eigenvalue weighted by Crippen LogP contribution is -2.66. The summed E-state index contributed by atoms with van der Waals surface area (Å²) in [6, 6.07) is 2.22. The third-order valence-corrected chi connectivity index (χ3v) is 10.9. The van der Waals surface area contributed by atoms with Crippen LogP contribution in [-0.2, 0) is 47.5 Å². The lowest BCUT2D eigenvalue weighted by Gasteiger charge is -2.45. The van der Waals surface area contributed by atoms with E-state index in [1.165, 1.54) is 78.2 Å². The minimum atomic E-state index is -1.46. The minimum Gasteiger partial charge on any atom is -0.463 e. The molecule has 10 nitrogen and oxygen atoms in total. The number of carbonyl (C=O) groups is 3. The Kier molecular flexibility index (Phi) is 14.0. The fraction of sp³-hybridized carbons (Fsp3) is 0.897. The van der Waals surface area contributed by atoms with E-state index >= 15 is 0 Å². The molecule has 0 aromatic carbocycles. The number of hydrogen-bond acceptors (Lipinski definition) is 10. The first-order chi connectivity index (χ1) is 18.8. The Bertz CT molecular complexity index is 821. The van der Waals surface area contributed by atoms with Crippen LogP contribution in [0.5, 0.6) is 0 Å². The van der Waals surface area contributed by atoms with Crippen molar-refractivity contribution in [2.24, 2.45) is 0 Å². The highest BCUT2D eigenvalue weighted by Gasteiger charge is 2.62. The summed E-state index contributed by atoms with van der Waals surface area (Å²) in [5, 5.41) is 0. The third-order valence-electron chi connectivity index (χ3n) is 7.59. The van der Waals surface area contributed by atoms with Crippen molar-refractivity contribution in [3.05, 3.63) is 0 Å². The molecule has 0 radical (unpaired) electrons. The van der Waals surface area contributed by atoms with Crippen LogP contribution in [0.15, 0.2) is 0 Å². The van der Waals surface area contributed by atoms with Gasteiger partial charge >= 0.3 is 17.9 Å². The van der Waals surface area contributed by atoms with Gasteiger partial charge in [-0.2, -0.15) is 0 Å². The molecular weight excluding hydrogens is 536 g/mol. The summed E-state index contributed by atoms with van der Waals surface area (Å²) >= 11 is 0. The zero-order valence-corrected chi connectivity index (χ0v) is 26.7. The molecule has 2 aliphatic rings. The largest absolute Gasteiger partial charge is 0.463 e. The van der Waals surface area contributed by atoms with Crippen LogP contribution in [-0.4, -0.2) is 82.3 Å². The van der Waals surface area contributed by atoms with Crippen molar-refractivity contribution >= 4 is 26.0 Å². The van der Waals surface area contributed by atoms with E-state index in [-0.39, 0.29) is 19.8 Å². The zero-order chi connectivity index (χ0) is 29.8. The predicted octanol–water partition coefficient (Wildman–Crippen LogP) is 5.14. The van der Waals surface area contributed by atoms with Crippen LogP contribution < -0.4 is 0 Å². The van der Waals surface area contributed by atoms with Gasteiger partial charge in [-0.1, -0.05) is 77.4 Å². The van der Waals surface area contributed by atoms with Crippen LogP contribution in [0.4, 0.5) is 0 Å². The van der Waals surface area contributed by atoms with Gasteiger partial charge in [0, 0.05) is 35.8 Å². The summed E-state index contributed by atoms with van der Waals surface area (Å²) < 4.78 is 40.6. The number of hydrogen-bond donors (Lipinski definition) is 0. The normalized spacial score (nSPS) is 28.4. The highest BCUT2D eigenvalue weighted by Crippen LogP contribution is 2.42. The molecule has 2 saturated heterocycles. The SMILES string of the molecule is CCCCCCCCCC[Si](C)(C)CCOC1(C)OCC2(COC(COC(C)=O)C(OC(C)=O)C2OC(C)=O)O1. The summed E-state index contributed by atoms with van der Waals surface area (Å²) in [4.78, 5) is 35.4. The van der Waals surface area contributed by atoms with Crippen LogP contribution in [0, 0.1) is 0 Å². The van der Waals surface area contributed by atoms with Crippen LogP contribution in [0.1, 0.15) is 86.0 Å². The molecule has 2 fully saturated rings. The molecule has 0 N–H and O–H groups in total. The summed E-state index contributed by atoms with van der Waals surface area (Å²) in [7, 11) is -1.46. The van der Waals surface area contributed by atoms with Crippen molar-refractivity contribution in [1.29, 1.82) is 0 Å². The molecule has 2 aliphatic heterocycles. The van der Waals surface area contributed by atoms with E-state index in [2.05, 4.69) is 20.0 Å². The lowest BCUT2D eigenvalue weighted by atomic mass is 9.88. The predicted molar refractivity (Wildman–Crippen MR) is 151 cm³/mol. The van der Waals surface area contributed by atoms with Gasteiger partial charge in [0.25, 0.3) is 5.97 Å². The summed E-state index contributed by atoms with van der Waals surface area (Å²) in [5.74, 6) is -3.07. The minimum absolute atomic E-state index is 0.00141. The number of rotatable bonds is 17. The molecule has 5 unspecified atom stereocenters. The average Bonchev–Trinajstić information content (AvgIpc) is 3.19. The highest BCUT2D eigenvalue weighted by molar-refractivity contribution is 6.77. The van der Waals surface area contributed by atoms with Gasteiger partial charge in [0.15, 0.2) is 17.8 Å². The van der Waals surface area contributed by atoms with Crippen molar-refractivity contribution in [1.82, 2.24) is 0 Å². The molecule has 0 aromatic heterocycles. The number of carbonyl (C=O) groups excluding carboxylic acids is 3. The Hall–Kier alpha value is -1.53. The maximum Gasteiger partial charge on any atom is 0.303 e. The molecular formula is C29H52O10Si. The summed E-state index contributed by atoms with van der Waals surface area (Å²) in [5.41, 5.74) is -1.27. The number of unbranched alkanes of at least 4 members (excludes halogenated alkanes) is 7. The summed E-state index contributed by atoms with van der Waals surface area (Å²) in [6.07, 6.45) is 7.55. The van der Waals surface area contributed by atoms with Crippen molar-refractivity contribution in [2.75, 3.05) is 26.4 Å². The quantitative estimate of drug-likeness (QED) is 0.0979. The molecule has 2 heterocycles. The van der Waals surface area contributed by atoms with Crippen LogP contribution >= 0.6 is 0 Å². The van der Waals surface area contributed by atoms with Crippen molar-refractivity contribution < 1.29 is 47.5 Å². The molecule has 0 amide bonds. The first-order valence-electron chi connectivity index (χ1n) is 14.9. The molecule has 1 spiro atoms. The van der Waals surface area contributed by atoms with Crippen LogP contribution in [0.25, 0.3) is 0 Å². The fourth-order valence-electron chi connectivity index (χ4n) is 5.28. The fourth-order valence-corrected chi connectivity index (χ4v) is 7.40. The molecule has 0 aromatic rings. The maximum absolute atomic E-state index is 12.1. The van der Waals surface area contributed by atoms with Crippen molar-refractivity contribution in [3.8, 4) is 0 Å². The van der Waals surface area contributed by atoms with Gasteiger partial charge in [0.1, 0.15) is 12.7 Å². The van der Waals surface area contributed by atoms with Gasteiger partial charge in [-0.05, 0) is 6.04 Å². The molecule has 0 aliphatic carbocycles. The van der Waals surface area contributed by atoms with Gasteiger partial charge in [0.05, 0.1) is 19.8 Å². The zero-order valence-electron chi connectivity index (χ0n) is 25.7. The third kappa shape index (κ3) is 11.4. The van der Waals surface area contributed by atoms with Crippen LogP contribution in [0.2, 0.25) is 25.2 Å². The molecule has 0 saturated carbocycles. The van der Waals surface area contributed by atoms with Crippen molar-refractivity contribution in [3.63, 3.8) is 0 Å². The molecule has 40 heavy (non-hydrogen) atoms. The van der Waals surface area contributed by atoms with E-state index < -0.39 is 55.9 Å². The Labute approximate surface area is 241 Å². The van der Waals surface area contributed by atoms with Gasteiger partial charge in [-0.15, -0.1) is 0 Å². The molecule has 2 rings (SSSR count). The second-order valence-electron chi connectivity index (χ2n) is 12.1. The van der Waals surface area contributed by atoms with E-state index in [0.717, 1.165) is 6.04 Å². The van der Waals surface area contributed by atoms with E-state index in [0.29, 0.717) is 6.61 Å². The molecule has 232 valence electrons. The molecule has 0 bridgehead atoms. The van der Waals surface area contributed by atoms with E-state index in [1.54, 1.807) is 6.92 Å². The number of ether oxygens (including phenoxy) is 7. The van der Waals surface area contributed by atoms with Crippen molar-refractivity contribution in [2.45, 2.75) is 141 Å². The Morgan fingerprint density at radius 2 is 1.48 bits per heavy atom. The lowest BCUT2D eigenvalue weighted by molar-refractivity contribution is -0.354. The Morgan fingerprint density at radius 3 is 2.08 bits per heavy atom. The number of esters is 3. The first kappa shape index (κ1) is 34.7. The second-order valence-corrected chi connectivity index (χ2v) is 17.4. The van der Waals surface area contributed by atoms with E-state index in [9.17, 15) is 14.4 Å². The highest BCUT2D eigenvalue weighted by atomic mass is 28.3. The van der Waals surface area contributed by atoms with Gasteiger partial charge in [-0.25, -0.2) is 0 Å². The topological polar surface area (TPSA) is 116 Å². The van der Waals surface area contributed by atoms with Gasteiger partial charge in [0.2, 0.25) is 0 Å². The monoisotopic (exact) mass is 588 g/mol. The second kappa shape index (κ2) is 16.2. The smallest absolute Gasteiger partial charge is 0.303 e. The average molecular weight is 589 g/mol. The molecule has 11 heteroatoms. The first-order valence-corrected chi connectivity index (χ1v) is 18.3. The van der Waals surface area contributed by atoms with E-state index in [4.69, 9.17) is 33.2 Å². The summed E-state index contributed by atoms with van der Waals surface area (Å²) in [6.45, 7) is 12.7. The standard InChI is InChI=1S/C29H52O10Si/c1-8-9-10-11-12-13-14-15-17-40(6,7)18-16-35-28(5)36-21-29(39-28)20-34-25(19-33-22(2)30)26(37-23(3)31)27(29)38-24(4)32/h25-27H,8-21H2,1-7H3. The van der Waals surface area contributed by atoms with Gasteiger partial charge in [-0.3, -0.25) is 14.4 Å².